The standard InChI is InChI=1S/C26H26N10O2/c37-25(13-19-8-10-27-15-29-19)31-23-6-4-21(33-35-23)17-2-1-3-18(12-17)22-5-7-24(36-34-22)32-26(38)14-20-9-11-28-16-30-20/h4-11,15-18H,1-3,12-14H2,(H,31,35,37)(H,32,36,38)/t17-,18-/m0/s1. The molecule has 4 aromatic rings. The summed E-state index contributed by atoms with van der Waals surface area (Å²) in [5.41, 5.74) is 3.06. The van der Waals surface area contributed by atoms with Gasteiger partial charge < -0.3 is 10.6 Å². The smallest absolute Gasteiger partial charge is 0.231 e. The van der Waals surface area contributed by atoms with Gasteiger partial charge in [-0.15, -0.1) is 10.2 Å². The Bertz CT molecular complexity index is 1250. The van der Waals surface area contributed by atoms with Crippen LogP contribution in [0, 0.1) is 0 Å². The van der Waals surface area contributed by atoms with E-state index in [0.717, 1.165) is 37.1 Å². The molecule has 2 N–H and O–H groups in total. The lowest BCUT2D eigenvalue weighted by Gasteiger charge is -2.28. The van der Waals surface area contributed by atoms with E-state index in [1.54, 1.807) is 36.7 Å². The zero-order chi connectivity index (χ0) is 26.2. The van der Waals surface area contributed by atoms with Gasteiger partial charge in [-0.3, -0.25) is 9.59 Å². The number of hydrogen-bond donors (Lipinski definition) is 2. The van der Waals surface area contributed by atoms with E-state index in [9.17, 15) is 9.59 Å². The van der Waals surface area contributed by atoms with Crippen LogP contribution in [-0.4, -0.2) is 52.1 Å². The lowest BCUT2D eigenvalue weighted by atomic mass is 9.78. The van der Waals surface area contributed by atoms with Gasteiger partial charge in [-0.2, -0.15) is 10.2 Å². The SMILES string of the molecule is O=C(Cc1ccncn1)Nc1ccc([C@H]2CCC[C@H](c3ccc(NC(=O)Cc4ccncn4)nn3)C2)nn1. The number of carbonyl (C=O) groups excluding carboxylic acids is 2. The molecule has 0 unspecified atom stereocenters. The van der Waals surface area contributed by atoms with Crippen LogP contribution in [-0.2, 0) is 22.4 Å². The minimum absolute atomic E-state index is 0.141. The van der Waals surface area contributed by atoms with E-state index in [1.165, 1.54) is 12.7 Å². The largest absolute Gasteiger partial charge is 0.309 e. The Morgan fingerprint density at radius 1 is 0.684 bits per heavy atom. The van der Waals surface area contributed by atoms with Gasteiger partial charge in [0.15, 0.2) is 11.6 Å². The number of hydrogen-bond acceptors (Lipinski definition) is 10. The Morgan fingerprint density at radius 3 is 1.58 bits per heavy atom. The summed E-state index contributed by atoms with van der Waals surface area (Å²) in [4.78, 5) is 40.3. The lowest BCUT2D eigenvalue weighted by molar-refractivity contribution is -0.116. The molecule has 0 saturated heterocycles. The van der Waals surface area contributed by atoms with Gasteiger partial charge >= 0.3 is 0 Å². The van der Waals surface area contributed by atoms with E-state index in [4.69, 9.17) is 0 Å². The lowest BCUT2D eigenvalue weighted by Crippen LogP contribution is -2.19. The third kappa shape index (κ3) is 6.72. The van der Waals surface area contributed by atoms with Crippen LogP contribution in [0.15, 0.2) is 61.4 Å². The average molecular weight is 511 g/mol. The van der Waals surface area contributed by atoms with Gasteiger partial charge in [0.1, 0.15) is 12.7 Å². The van der Waals surface area contributed by atoms with Crippen LogP contribution in [0.1, 0.15) is 60.3 Å². The minimum Gasteiger partial charge on any atom is -0.309 e. The van der Waals surface area contributed by atoms with E-state index >= 15 is 0 Å². The summed E-state index contributed by atoms with van der Waals surface area (Å²) < 4.78 is 0. The summed E-state index contributed by atoms with van der Waals surface area (Å²) in [7, 11) is 0. The quantitative estimate of drug-likeness (QED) is 0.360. The molecule has 4 aromatic heterocycles. The number of aromatic nitrogens is 8. The molecule has 1 saturated carbocycles. The topological polar surface area (TPSA) is 161 Å². The molecule has 192 valence electrons. The van der Waals surface area contributed by atoms with Crippen molar-refractivity contribution in [1.82, 2.24) is 40.3 Å². The molecule has 1 aliphatic rings. The van der Waals surface area contributed by atoms with Crippen LogP contribution in [0.25, 0.3) is 0 Å². The molecular weight excluding hydrogens is 484 g/mol. The number of anilines is 2. The summed E-state index contributed by atoms with van der Waals surface area (Å²) in [5, 5.41) is 22.7. The molecule has 0 radical (unpaired) electrons. The molecule has 12 heteroatoms. The second kappa shape index (κ2) is 12.0. The van der Waals surface area contributed by atoms with Gasteiger partial charge in [0, 0.05) is 24.2 Å². The maximum Gasteiger partial charge on any atom is 0.231 e. The zero-order valence-corrected chi connectivity index (χ0v) is 20.6. The average Bonchev–Trinajstić information content (AvgIpc) is 2.95. The van der Waals surface area contributed by atoms with Gasteiger partial charge in [-0.1, -0.05) is 6.42 Å². The molecule has 0 bridgehead atoms. The number of nitrogens with one attached hydrogen (secondary N) is 2. The summed E-state index contributed by atoms with van der Waals surface area (Å²) in [6.07, 6.45) is 10.2. The first-order valence-corrected chi connectivity index (χ1v) is 12.4. The molecule has 0 aliphatic heterocycles. The van der Waals surface area contributed by atoms with Crippen molar-refractivity contribution in [3.05, 3.63) is 84.2 Å². The van der Waals surface area contributed by atoms with Crippen molar-refractivity contribution >= 4 is 23.5 Å². The van der Waals surface area contributed by atoms with Gasteiger partial charge in [0.05, 0.1) is 35.6 Å². The van der Waals surface area contributed by atoms with Gasteiger partial charge in [0.2, 0.25) is 11.8 Å². The molecule has 38 heavy (non-hydrogen) atoms. The molecule has 0 aromatic carbocycles. The molecule has 1 fully saturated rings. The number of rotatable bonds is 8. The molecule has 2 amide bonds. The van der Waals surface area contributed by atoms with E-state index in [0.29, 0.717) is 23.0 Å². The monoisotopic (exact) mass is 510 g/mol. The van der Waals surface area contributed by atoms with E-state index < -0.39 is 0 Å². The summed E-state index contributed by atoms with van der Waals surface area (Å²) in [6, 6.07) is 10.8. The first-order chi connectivity index (χ1) is 18.6. The number of amides is 2. The highest BCUT2D eigenvalue weighted by atomic mass is 16.2. The Balaban J connectivity index is 1.14. The van der Waals surface area contributed by atoms with Gasteiger partial charge in [-0.25, -0.2) is 19.9 Å². The first kappa shape index (κ1) is 24.9. The maximum absolute atomic E-state index is 12.3. The molecule has 12 nitrogen and oxygen atoms in total. The third-order valence-corrected chi connectivity index (χ3v) is 6.39. The fourth-order valence-electron chi connectivity index (χ4n) is 4.53. The number of nitrogens with zero attached hydrogens (tertiary/aromatic N) is 8. The Kier molecular flexibility index (Phi) is 7.87. The van der Waals surface area contributed by atoms with E-state index in [2.05, 4.69) is 51.0 Å². The van der Waals surface area contributed by atoms with E-state index in [-0.39, 0.29) is 36.5 Å². The molecule has 5 rings (SSSR count). The second-order valence-corrected chi connectivity index (χ2v) is 9.10. The van der Waals surface area contributed by atoms with Crippen molar-refractivity contribution in [2.45, 2.75) is 50.4 Å². The van der Waals surface area contributed by atoms with Crippen LogP contribution in [0.3, 0.4) is 0 Å². The van der Waals surface area contributed by atoms with Crippen molar-refractivity contribution in [3.8, 4) is 0 Å². The van der Waals surface area contributed by atoms with E-state index in [1.807, 2.05) is 12.1 Å². The van der Waals surface area contributed by atoms with Crippen LogP contribution in [0.4, 0.5) is 11.6 Å². The van der Waals surface area contributed by atoms with Crippen LogP contribution < -0.4 is 10.6 Å². The first-order valence-electron chi connectivity index (χ1n) is 12.4. The van der Waals surface area contributed by atoms with Crippen LogP contribution in [0.5, 0.6) is 0 Å². The normalized spacial score (nSPS) is 16.9. The molecule has 1 aliphatic carbocycles. The summed E-state index contributed by atoms with van der Waals surface area (Å²) in [5.74, 6) is 0.861. The van der Waals surface area contributed by atoms with Crippen molar-refractivity contribution < 1.29 is 9.59 Å². The molecular formula is C26H26N10O2. The number of carbonyl (C=O) groups is 2. The summed E-state index contributed by atoms with van der Waals surface area (Å²) >= 11 is 0. The second-order valence-electron chi connectivity index (χ2n) is 9.10. The van der Waals surface area contributed by atoms with Crippen molar-refractivity contribution in [2.75, 3.05) is 10.6 Å². The third-order valence-electron chi connectivity index (χ3n) is 6.39. The van der Waals surface area contributed by atoms with Crippen LogP contribution >= 0.6 is 0 Å². The highest BCUT2D eigenvalue weighted by Gasteiger charge is 2.27. The van der Waals surface area contributed by atoms with Gasteiger partial charge in [-0.05, 0) is 55.7 Å². The maximum atomic E-state index is 12.3. The fourth-order valence-corrected chi connectivity index (χ4v) is 4.53. The predicted molar refractivity (Wildman–Crippen MR) is 137 cm³/mol. The van der Waals surface area contributed by atoms with Gasteiger partial charge in [0.25, 0.3) is 0 Å². The summed E-state index contributed by atoms with van der Waals surface area (Å²) in [6.45, 7) is 0. The molecule has 4 heterocycles. The fraction of sp³-hybridized carbons (Fsp3) is 0.308. The van der Waals surface area contributed by atoms with Crippen molar-refractivity contribution in [3.63, 3.8) is 0 Å². The highest BCUT2D eigenvalue weighted by Crippen LogP contribution is 2.40. The highest BCUT2D eigenvalue weighted by molar-refractivity contribution is 5.91. The predicted octanol–water partition coefficient (Wildman–Crippen LogP) is 2.65. The van der Waals surface area contributed by atoms with Crippen molar-refractivity contribution in [1.29, 1.82) is 0 Å². The molecule has 2 atom stereocenters. The Hall–Kier alpha value is -4.74. The Morgan fingerprint density at radius 2 is 1.18 bits per heavy atom. The molecule has 0 spiro atoms. The zero-order valence-electron chi connectivity index (χ0n) is 20.6. The minimum atomic E-state index is -0.212. The van der Waals surface area contributed by atoms with Crippen molar-refractivity contribution in [2.24, 2.45) is 0 Å². The van der Waals surface area contributed by atoms with Crippen LogP contribution in [0.2, 0.25) is 0 Å². The Labute approximate surface area is 218 Å².